The van der Waals surface area contributed by atoms with Crippen LogP contribution in [0, 0.1) is 0 Å². The molecule has 2 heterocycles. The Labute approximate surface area is 116 Å². The summed E-state index contributed by atoms with van der Waals surface area (Å²) in [7, 11) is 0. The average Bonchev–Trinajstić information content (AvgIpc) is 2.39. The number of hydrogen-bond donors (Lipinski definition) is 0. The molecular weight excluding hydrogens is 296 g/mol. The second kappa shape index (κ2) is 6.38. The molecule has 1 aliphatic heterocycles. The molecule has 5 heteroatoms. The standard InChI is InChI=1S/C13H19BrN2O2/c1-10(2)18-12-4-3-5-15-13(12)16-6-7-17-9-11(16)8-14/h3-5,10-11H,6-9H2,1-2H3. The zero-order chi connectivity index (χ0) is 13.0. The summed E-state index contributed by atoms with van der Waals surface area (Å²) in [6.07, 6.45) is 1.96. The van der Waals surface area contributed by atoms with Gasteiger partial charge in [-0.15, -0.1) is 0 Å². The Morgan fingerprint density at radius 3 is 3.17 bits per heavy atom. The van der Waals surface area contributed by atoms with Crippen molar-refractivity contribution < 1.29 is 9.47 Å². The zero-order valence-electron chi connectivity index (χ0n) is 10.8. The van der Waals surface area contributed by atoms with Crippen LogP contribution in [0.5, 0.6) is 5.75 Å². The van der Waals surface area contributed by atoms with Crippen LogP contribution in [0.1, 0.15) is 13.8 Å². The van der Waals surface area contributed by atoms with E-state index in [1.165, 1.54) is 0 Å². The van der Waals surface area contributed by atoms with Gasteiger partial charge in [0.1, 0.15) is 0 Å². The van der Waals surface area contributed by atoms with Gasteiger partial charge in [-0.3, -0.25) is 0 Å². The summed E-state index contributed by atoms with van der Waals surface area (Å²) in [6, 6.07) is 4.19. The highest BCUT2D eigenvalue weighted by atomic mass is 79.9. The maximum Gasteiger partial charge on any atom is 0.171 e. The molecule has 2 rings (SSSR count). The highest BCUT2D eigenvalue weighted by molar-refractivity contribution is 9.09. The van der Waals surface area contributed by atoms with Crippen LogP contribution in [0.25, 0.3) is 0 Å². The maximum absolute atomic E-state index is 5.83. The number of anilines is 1. The zero-order valence-corrected chi connectivity index (χ0v) is 12.4. The summed E-state index contributed by atoms with van der Waals surface area (Å²) >= 11 is 3.53. The third kappa shape index (κ3) is 3.14. The molecule has 0 bridgehead atoms. The Kier molecular flexibility index (Phi) is 4.83. The van der Waals surface area contributed by atoms with Crippen LogP contribution in [0.4, 0.5) is 5.82 Å². The number of alkyl halides is 1. The quantitative estimate of drug-likeness (QED) is 0.800. The molecule has 1 atom stereocenters. The summed E-state index contributed by atoms with van der Waals surface area (Å²) in [4.78, 5) is 6.74. The van der Waals surface area contributed by atoms with Gasteiger partial charge in [-0.1, -0.05) is 15.9 Å². The molecule has 0 amide bonds. The molecule has 1 saturated heterocycles. The van der Waals surface area contributed by atoms with E-state index in [0.717, 1.165) is 36.7 Å². The van der Waals surface area contributed by atoms with Gasteiger partial charge in [-0.25, -0.2) is 4.98 Å². The highest BCUT2D eigenvalue weighted by Gasteiger charge is 2.25. The number of rotatable bonds is 4. The lowest BCUT2D eigenvalue weighted by Crippen LogP contribution is -2.47. The van der Waals surface area contributed by atoms with Crippen molar-refractivity contribution >= 4 is 21.7 Å². The summed E-state index contributed by atoms with van der Waals surface area (Å²) in [5.74, 6) is 1.76. The minimum Gasteiger partial charge on any atom is -0.487 e. The molecule has 0 spiro atoms. The predicted octanol–water partition coefficient (Wildman–Crippen LogP) is 2.47. The van der Waals surface area contributed by atoms with E-state index in [0.29, 0.717) is 6.04 Å². The molecule has 4 nitrogen and oxygen atoms in total. The third-order valence-electron chi connectivity index (χ3n) is 2.79. The van der Waals surface area contributed by atoms with Gasteiger partial charge in [-0.05, 0) is 26.0 Å². The largest absolute Gasteiger partial charge is 0.487 e. The van der Waals surface area contributed by atoms with E-state index in [-0.39, 0.29) is 6.10 Å². The van der Waals surface area contributed by atoms with Crippen molar-refractivity contribution in [3.8, 4) is 5.75 Å². The monoisotopic (exact) mass is 314 g/mol. The van der Waals surface area contributed by atoms with Crippen molar-refractivity contribution in [1.82, 2.24) is 4.98 Å². The predicted molar refractivity (Wildman–Crippen MR) is 75.7 cm³/mol. The van der Waals surface area contributed by atoms with Gasteiger partial charge >= 0.3 is 0 Å². The Bertz CT molecular complexity index is 387. The van der Waals surface area contributed by atoms with Crippen molar-refractivity contribution in [3.63, 3.8) is 0 Å². The number of ether oxygens (including phenoxy) is 2. The second-order valence-corrected chi connectivity index (χ2v) is 5.22. The number of morpholine rings is 1. The molecule has 1 aromatic rings. The van der Waals surface area contributed by atoms with Crippen molar-refractivity contribution in [3.05, 3.63) is 18.3 Å². The van der Waals surface area contributed by atoms with Crippen LogP contribution in [0.3, 0.4) is 0 Å². The van der Waals surface area contributed by atoms with Gasteiger partial charge in [-0.2, -0.15) is 0 Å². The first kappa shape index (κ1) is 13.6. The lowest BCUT2D eigenvalue weighted by Gasteiger charge is -2.36. The molecule has 18 heavy (non-hydrogen) atoms. The average molecular weight is 315 g/mol. The van der Waals surface area contributed by atoms with E-state index in [4.69, 9.17) is 9.47 Å². The molecule has 0 saturated carbocycles. The number of halogens is 1. The smallest absolute Gasteiger partial charge is 0.171 e. The summed E-state index contributed by atoms with van der Waals surface area (Å²) < 4.78 is 11.3. The van der Waals surface area contributed by atoms with Crippen molar-refractivity contribution in [1.29, 1.82) is 0 Å². The fraction of sp³-hybridized carbons (Fsp3) is 0.615. The first-order valence-corrected chi connectivity index (χ1v) is 7.36. The van der Waals surface area contributed by atoms with E-state index in [1.54, 1.807) is 0 Å². The fourth-order valence-electron chi connectivity index (χ4n) is 2.01. The van der Waals surface area contributed by atoms with E-state index in [1.807, 2.05) is 32.2 Å². The molecule has 1 aromatic heterocycles. The van der Waals surface area contributed by atoms with Crippen molar-refractivity contribution in [2.45, 2.75) is 26.0 Å². The second-order valence-electron chi connectivity index (χ2n) is 4.57. The fourth-order valence-corrected chi connectivity index (χ4v) is 2.54. The Morgan fingerprint density at radius 2 is 2.44 bits per heavy atom. The van der Waals surface area contributed by atoms with E-state index >= 15 is 0 Å². The SMILES string of the molecule is CC(C)Oc1cccnc1N1CCOCC1CBr. The van der Waals surface area contributed by atoms with Crippen LogP contribution < -0.4 is 9.64 Å². The molecular formula is C13H19BrN2O2. The molecule has 100 valence electrons. The van der Waals surface area contributed by atoms with Gasteiger partial charge in [0, 0.05) is 18.1 Å². The summed E-state index contributed by atoms with van der Waals surface area (Å²) in [6.45, 7) is 6.36. The molecule has 1 aliphatic rings. The van der Waals surface area contributed by atoms with Crippen LogP contribution in [-0.4, -0.2) is 42.2 Å². The number of pyridine rings is 1. The van der Waals surface area contributed by atoms with Crippen LogP contribution in [-0.2, 0) is 4.74 Å². The van der Waals surface area contributed by atoms with Crippen molar-refractivity contribution in [2.75, 3.05) is 30.0 Å². The lowest BCUT2D eigenvalue weighted by atomic mass is 10.2. The minimum absolute atomic E-state index is 0.149. The van der Waals surface area contributed by atoms with Gasteiger partial charge in [0.25, 0.3) is 0 Å². The van der Waals surface area contributed by atoms with Crippen molar-refractivity contribution in [2.24, 2.45) is 0 Å². The first-order chi connectivity index (χ1) is 8.72. The molecule has 1 fully saturated rings. The summed E-state index contributed by atoms with van der Waals surface area (Å²) in [5, 5.41) is 0.866. The third-order valence-corrected chi connectivity index (χ3v) is 3.54. The molecule has 1 unspecified atom stereocenters. The first-order valence-electron chi connectivity index (χ1n) is 6.24. The van der Waals surface area contributed by atoms with Gasteiger partial charge in [0.15, 0.2) is 11.6 Å². The molecule has 0 aliphatic carbocycles. The maximum atomic E-state index is 5.83. The van der Waals surface area contributed by atoms with Gasteiger partial charge in [0.05, 0.1) is 25.4 Å². The number of aromatic nitrogens is 1. The minimum atomic E-state index is 0.149. The number of nitrogens with zero attached hydrogens (tertiary/aromatic N) is 2. The van der Waals surface area contributed by atoms with Gasteiger partial charge in [0.2, 0.25) is 0 Å². The normalized spacial score (nSPS) is 20.2. The molecule has 0 aromatic carbocycles. The molecule has 0 radical (unpaired) electrons. The lowest BCUT2D eigenvalue weighted by molar-refractivity contribution is 0.0994. The van der Waals surface area contributed by atoms with Crippen LogP contribution in [0.2, 0.25) is 0 Å². The van der Waals surface area contributed by atoms with Crippen LogP contribution in [0.15, 0.2) is 18.3 Å². The Morgan fingerprint density at radius 1 is 1.61 bits per heavy atom. The van der Waals surface area contributed by atoms with Gasteiger partial charge < -0.3 is 14.4 Å². The topological polar surface area (TPSA) is 34.6 Å². The van der Waals surface area contributed by atoms with E-state index < -0.39 is 0 Å². The Balaban J connectivity index is 2.24. The Hall–Kier alpha value is -0.810. The van der Waals surface area contributed by atoms with E-state index in [2.05, 4.69) is 25.8 Å². The summed E-state index contributed by atoms with van der Waals surface area (Å²) in [5.41, 5.74) is 0. The highest BCUT2D eigenvalue weighted by Crippen LogP contribution is 2.29. The van der Waals surface area contributed by atoms with Crippen LogP contribution >= 0.6 is 15.9 Å². The van der Waals surface area contributed by atoms with E-state index in [9.17, 15) is 0 Å². The molecule has 0 N–H and O–H groups in total. The number of hydrogen-bond acceptors (Lipinski definition) is 4.